The van der Waals surface area contributed by atoms with E-state index in [2.05, 4.69) is 9.97 Å². The minimum absolute atomic E-state index is 0.154. The molecule has 0 aliphatic heterocycles. The molecule has 2 aromatic heterocycles. The van der Waals surface area contributed by atoms with Gasteiger partial charge in [-0.15, -0.1) is 0 Å². The van der Waals surface area contributed by atoms with E-state index in [1.165, 1.54) is 10.8 Å². The van der Waals surface area contributed by atoms with Crippen LogP contribution in [0.4, 0.5) is 4.79 Å². The maximum Gasteiger partial charge on any atom is 0.422 e. The zero-order chi connectivity index (χ0) is 15.7. The Labute approximate surface area is 120 Å². The predicted molar refractivity (Wildman–Crippen MR) is 76.6 cm³/mol. The first-order valence-corrected chi connectivity index (χ1v) is 6.72. The number of H-pyrrole nitrogens is 1. The summed E-state index contributed by atoms with van der Waals surface area (Å²) >= 11 is 0. The van der Waals surface area contributed by atoms with E-state index in [1.54, 1.807) is 13.8 Å². The van der Waals surface area contributed by atoms with E-state index < -0.39 is 17.5 Å². The normalized spacial score (nSPS) is 11.5. The van der Waals surface area contributed by atoms with E-state index in [0.717, 1.165) is 4.57 Å². The third-order valence-corrected chi connectivity index (χ3v) is 2.89. The molecule has 0 spiro atoms. The molecule has 1 N–H and O–H groups in total. The van der Waals surface area contributed by atoms with Crippen LogP contribution in [-0.4, -0.2) is 31.8 Å². The fourth-order valence-corrected chi connectivity index (χ4v) is 1.99. The van der Waals surface area contributed by atoms with Crippen LogP contribution in [0.15, 0.2) is 15.8 Å². The largest absolute Gasteiger partial charge is 0.449 e. The molecule has 2 heterocycles. The minimum Gasteiger partial charge on any atom is -0.449 e. The molecule has 0 atom stereocenters. The van der Waals surface area contributed by atoms with Gasteiger partial charge in [0.25, 0.3) is 0 Å². The van der Waals surface area contributed by atoms with Gasteiger partial charge in [-0.25, -0.2) is 14.4 Å². The number of nitrogens with one attached hydrogen (secondary N) is 1. The van der Waals surface area contributed by atoms with E-state index in [-0.39, 0.29) is 29.7 Å². The summed E-state index contributed by atoms with van der Waals surface area (Å²) in [5.41, 5.74) is -0.652. The van der Waals surface area contributed by atoms with E-state index in [4.69, 9.17) is 4.74 Å². The lowest BCUT2D eigenvalue weighted by Crippen LogP contribution is -2.31. The molecule has 0 aromatic carbocycles. The Morgan fingerprint density at radius 2 is 2.00 bits per heavy atom. The van der Waals surface area contributed by atoms with Crippen molar-refractivity contribution in [1.29, 1.82) is 0 Å². The quantitative estimate of drug-likeness (QED) is 0.914. The van der Waals surface area contributed by atoms with Crippen molar-refractivity contribution < 1.29 is 9.53 Å². The first-order chi connectivity index (χ1) is 9.82. The van der Waals surface area contributed by atoms with Crippen LogP contribution in [0.5, 0.6) is 0 Å². The Kier molecular flexibility index (Phi) is 3.97. The molecule has 114 valence electrons. The standard InChI is InChI=1S/C13H18N4O4/c1-7(2)6-21-13(20)17-9-5-14-11(18)15-10(9)16(8(3)4)12(17)19/h5,7-8H,6H2,1-4H3,(H,14,15,18). The molecule has 0 aliphatic rings. The molecule has 2 rings (SSSR count). The Morgan fingerprint density at radius 1 is 1.33 bits per heavy atom. The van der Waals surface area contributed by atoms with Crippen molar-refractivity contribution in [2.45, 2.75) is 33.7 Å². The molecule has 0 fully saturated rings. The van der Waals surface area contributed by atoms with Crippen LogP contribution in [0.1, 0.15) is 33.7 Å². The highest BCUT2D eigenvalue weighted by atomic mass is 16.5. The van der Waals surface area contributed by atoms with Gasteiger partial charge in [0, 0.05) is 6.04 Å². The lowest BCUT2D eigenvalue weighted by atomic mass is 10.2. The molecule has 0 aliphatic carbocycles. The Balaban J connectivity index is 2.64. The van der Waals surface area contributed by atoms with Gasteiger partial charge >= 0.3 is 17.5 Å². The van der Waals surface area contributed by atoms with Crippen molar-refractivity contribution in [3.63, 3.8) is 0 Å². The number of nitrogens with zero attached hydrogens (tertiary/aromatic N) is 3. The fraction of sp³-hybridized carbons (Fsp3) is 0.538. The van der Waals surface area contributed by atoms with E-state index in [0.29, 0.717) is 0 Å². The number of carbonyl (C=O) groups excluding carboxylic acids is 1. The predicted octanol–water partition coefficient (Wildman–Crippen LogP) is 1.11. The average Bonchev–Trinajstić information content (AvgIpc) is 2.67. The smallest absolute Gasteiger partial charge is 0.422 e. The SMILES string of the molecule is CC(C)COC(=O)n1c(=O)n(C(C)C)c2[nH]c(=O)ncc21. The molecule has 8 nitrogen and oxygen atoms in total. The molecule has 0 bridgehead atoms. The molecule has 0 radical (unpaired) electrons. The Hall–Kier alpha value is -2.38. The lowest BCUT2D eigenvalue weighted by Gasteiger charge is -2.07. The molecular weight excluding hydrogens is 276 g/mol. The number of fused-ring (bicyclic) bond motifs is 1. The summed E-state index contributed by atoms with van der Waals surface area (Å²) in [7, 11) is 0. The number of hydrogen-bond acceptors (Lipinski definition) is 5. The van der Waals surface area contributed by atoms with Gasteiger partial charge in [0.05, 0.1) is 12.8 Å². The van der Waals surface area contributed by atoms with Gasteiger partial charge in [0.2, 0.25) is 0 Å². The van der Waals surface area contributed by atoms with Gasteiger partial charge in [-0.3, -0.25) is 9.55 Å². The average molecular weight is 294 g/mol. The van der Waals surface area contributed by atoms with Crippen molar-refractivity contribution in [2.24, 2.45) is 5.92 Å². The topological polar surface area (TPSA) is 99.0 Å². The van der Waals surface area contributed by atoms with Crippen LogP contribution in [0.3, 0.4) is 0 Å². The van der Waals surface area contributed by atoms with E-state index in [1.807, 2.05) is 13.8 Å². The molecule has 0 amide bonds. The van der Waals surface area contributed by atoms with E-state index in [9.17, 15) is 14.4 Å². The molecule has 0 saturated heterocycles. The number of carbonyl (C=O) groups is 1. The van der Waals surface area contributed by atoms with Crippen molar-refractivity contribution in [2.75, 3.05) is 6.61 Å². The maximum atomic E-state index is 12.4. The molecule has 0 saturated carbocycles. The lowest BCUT2D eigenvalue weighted by molar-refractivity contribution is 0.134. The third kappa shape index (κ3) is 2.74. The van der Waals surface area contributed by atoms with Crippen molar-refractivity contribution >= 4 is 17.3 Å². The van der Waals surface area contributed by atoms with Crippen molar-refractivity contribution in [3.05, 3.63) is 27.2 Å². The van der Waals surface area contributed by atoms with Crippen LogP contribution in [-0.2, 0) is 4.74 Å². The second-order valence-electron chi connectivity index (χ2n) is 5.47. The summed E-state index contributed by atoms with van der Waals surface area (Å²) < 4.78 is 7.31. The van der Waals surface area contributed by atoms with Crippen LogP contribution in [0, 0.1) is 5.92 Å². The second-order valence-corrected chi connectivity index (χ2v) is 5.47. The first-order valence-electron chi connectivity index (χ1n) is 6.72. The summed E-state index contributed by atoms with van der Waals surface area (Å²) in [6.45, 7) is 7.56. The van der Waals surface area contributed by atoms with Gasteiger partial charge in [-0.05, 0) is 19.8 Å². The number of aromatic nitrogens is 4. The monoisotopic (exact) mass is 294 g/mol. The highest BCUT2D eigenvalue weighted by molar-refractivity contribution is 5.84. The second kappa shape index (κ2) is 5.55. The number of rotatable bonds is 3. The highest BCUT2D eigenvalue weighted by Gasteiger charge is 2.22. The Morgan fingerprint density at radius 3 is 2.57 bits per heavy atom. The number of ether oxygens (including phenoxy) is 1. The van der Waals surface area contributed by atoms with Crippen LogP contribution < -0.4 is 11.4 Å². The Bertz CT molecular complexity index is 782. The summed E-state index contributed by atoms with van der Waals surface area (Å²) in [5, 5.41) is 0. The van der Waals surface area contributed by atoms with Crippen LogP contribution >= 0.6 is 0 Å². The van der Waals surface area contributed by atoms with Gasteiger partial charge in [-0.2, -0.15) is 9.55 Å². The number of aromatic amines is 1. The summed E-state index contributed by atoms with van der Waals surface area (Å²) in [6, 6.07) is -0.225. The van der Waals surface area contributed by atoms with Gasteiger partial charge in [0.1, 0.15) is 11.2 Å². The molecular formula is C13H18N4O4. The van der Waals surface area contributed by atoms with Crippen molar-refractivity contribution in [1.82, 2.24) is 19.1 Å². The number of hydrogen-bond donors (Lipinski definition) is 1. The minimum atomic E-state index is -0.771. The van der Waals surface area contributed by atoms with Crippen molar-refractivity contribution in [3.8, 4) is 0 Å². The highest BCUT2D eigenvalue weighted by Crippen LogP contribution is 2.13. The summed E-state index contributed by atoms with van der Waals surface area (Å²) in [5.74, 6) is 0.154. The molecule has 8 heteroatoms. The van der Waals surface area contributed by atoms with Gasteiger partial charge in [0.15, 0.2) is 0 Å². The third-order valence-electron chi connectivity index (χ3n) is 2.89. The van der Waals surface area contributed by atoms with Crippen LogP contribution in [0.2, 0.25) is 0 Å². The zero-order valence-corrected chi connectivity index (χ0v) is 12.4. The molecule has 2 aromatic rings. The van der Waals surface area contributed by atoms with Gasteiger partial charge < -0.3 is 4.74 Å². The zero-order valence-electron chi connectivity index (χ0n) is 12.4. The maximum absolute atomic E-state index is 12.4. The van der Waals surface area contributed by atoms with Crippen LogP contribution in [0.25, 0.3) is 11.2 Å². The summed E-state index contributed by atoms with van der Waals surface area (Å²) in [6.07, 6.45) is 0.428. The molecule has 21 heavy (non-hydrogen) atoms. The summed E-state index contributed by atoms with van der Waals surface area (Å²) in [4.78, 5) is 41.9. The number of imidazole rings is 1. The van der Waals surface area contributed by atoms with Gasteiger partial charge in [-0.1, -0.05) is 13.8 Å². The van der Waals surface area contributed by atoms with E-state index >= 15 is 0 Å². The fourth-order valence-electron chi connectivity index (χ4n) is 1.99. The first kappa shape index (κ1) is 15.0. The molecule has 0 unspecified atom stereocenters.